The predicted molar refractivity (Wildman–Crippen MR) is 149 cm³/mol. The minimum atomic E-state index is -3.69. The maximum absolute atomic E-state index is 13.1. The van der Waals surface area contributed by atoms with Crippen LogP contribution in [-0.2, 0) is 21.2 Å². The highest BCUT2D eigenvalue weighted by Gasteiger charge is 2.27. The summed E-state index contributed by atoms with van der Waals surface area (Å²) in [6.45, 7) is 7.48. The second kappa shape index (κ2) is 10.8. The third-order valence-electron chi connectivity index (χ3n) is 7.33. The molecule has 1 aromatic rings. The smallest absolute Gasteiger partial charge is 0.256 e. The number of amides is 1. The number of nitrogens with one attached hydrogen (secondary N) is 2. The highest BCUT2D eigenvalue weighted by atomic mass is 32.2. The molecule has 0 bridgehead atoms. The van der Waals surface area contributed by atoms with Crippen molar-refractivity contribution in [2.45, 2.75) is 24.7 Å². The predicted octanol–water partition coefficient (Wildman–Crippen LogP) is 3.76. The summed E-state index contributed by atoms with van der Waals surface area (Å²) in [4.78, 5) is 17.7. The molecular formula is C29H34N4O3S. The maximum Gasteiger partial charge on any atom is 0.256 e. The highest BCUT2D eigenvalue weighted by Crippen LogP contribution is 2.38. The van der Waals surface area contributed by atoms with Gasteiger partial charge in [0.1, 0.15) is 0 Å². The number of sulfonamides is 1. The third-order valence-corrected chi connectivity index (χ3v) is 8.79. The number of anilines is 1. The average molecular weight is 519 g/mol. The lowest BCUT2D eigenvalue weighted by Gasteiger charge is -2.32. The number of nitrogens with zero attached hydrogens (tertiary/aromatic N) is 2. The molecule has 2 aliphatic carbocycles. The molecule has 0 atom stereocenters. The van der Waals surface area contributed by atoms with Crippen LogP contribution in [-0.4, -0.2) is 70.4 Å². The van der Waals surface area contributed by atoms with E-state index in [-0.39, 0.29) is 10.8 Å². The Morgan fingerprint density at radius 3 is 2.49 bits per heavy atom. The SMILES string of the molecule is CCc1cc(C=C2C(=O)Nc3ccc(S(=O)(=O)NCCCN4CCN(C)CC4)cc32)c2cccccc1-2. The van der Waals surface area contributed by atoms with Gasteiger partial charge in [-0.05, 0) is 73.0 Å². The van der Waals surface area contributed by atoms with Gasteiger partial charge in [0.15, 0.2) is 0 Å². The van der Waals surface area contributed by atoms with Crippen LogP contribution in [0.5, 0.6) is 0 Å². The van der Waals surface area contributed by atoms with Crippen molar-refractivity contribution in [2.24, 2.45) is 0 Å². The Hall–Kier alpha value is -3.04. The number of likely N-dealkylation sites (N-methyl/N-ethyl adjacent to an activating group) is 1. The van der Waals surface area contributed by atoms with Gasteiger partial charge in [0.25, 0.3) is 5.91 Å². The van der Waals surface area contributed by atoms with Gasteiger partial charge in [0, 0.05) is 49.5 Å². The summed E-state index contributed by atoms with van der Waals surface area (Å²) in [6.07, 6.45) is 3.51. The first-order chi connectivity index (χ1) is 17.9. The van der Waals surface area contributed by atoms with E-state index >= 15 is 0 Å². The number of aryl methyl sites for hydroxylation is 1. The molecule has 7 nitrogen and oxygen atoms in total. The minimum Gasteiger partial charge on any atom is -0.321 e. The van der Waals surface area contributed by atoms with Crippen molar-refractivity contribution in [1.82, 2.24) is 14.5 Å². The van der Waals surface area contributed by atoms with E-state index in [1.165, 1.54) is 5.56 Å². The third kappa shape index (κ3) is 5.48. The summed E-state index contributed by atoms with van der Waals surface area (Å²) in [6, 6.07) is 17.1. The van der Waals surface area contributed by atoms with Gasteiger partial charge in [0.2, 0.25) is 10.0 Å². The lowest BCUT2D eigenvalue weighted by molar-refractivity contribution is -0.110. The Morgan fingerprint density at radius 2 is 1.73 bits per heavy atom. The lowest BCUT2D eigenvalue weighted by atomic mass is 10.0. The van der Waals surface area contributed by atoms with Gasteiger partial charge in [-0.25, -0.2) is 13.1 Å². The fourth-order valence-electron chi connectivity index (χ4n) is 5.13. The number of benzene rings is 1. The molecular weight excluding hydrogens is 484 g/mol. The van der Waals surface area contributed by atoms with Crippen LogP contribution in [0.25, 0.3) is 22.8 Å². The van der Waals surface area contributed by atoms with E-state index in [0.717, 1.165) is 62.3 Å². The zero-order valence-electron chi connectivity index (χ0n) is 21.5. The monoisotopic (exact) mass is 518 g/mol. The summed E-state index contributed by atoms with van der Waals surface area (Å²) >= 11 is 0. The van der Waals surface area contributed by atoms with Crippen molar-refractivity contribution in [1.29, 1.82) is 0 Å². The minimum absolute atomic E-state index is 0.168. The summed E-state index contributed by atoms with van der Waals surface area (Å²) in [5.74, 6) is -0.225. The molecule has 8 heteroatoms. The van der Waals surface area contributed by atoms with Crippen molar-refractivity contribution in [3.8, 4) is 11.1 Å². The topological polar surface area (TPSA) is 81.7 Å². The van der Waals surface area contributed by atoms with Crippen LogP contribution in [0.2, 0.25) is 0 Å². The van der Waals surface area contributed by atoms with Crippen LogP contribution < -0.4 is 10.0 Å². The van der Waals surface area contributed by atoms with Crippen LogP contribution >= 0.6 is 0 Å². The van der Waals surface area contributed by atoms with Gasteiger partial charge < -0.3 is 15.1 Å². The normalized spacial score (nSPS) is 17.9. The van der Waals surface area contributed by atoms with E-state index in [2.05, 4.69) is 52.0 Å². The Balaban J connectivity index is 1.35. The van der Waals surface area contributed by atoms with Crippen molar-refractivity contribution >= 4 is 33.3 Å². The van der Waals surface area contributed by atoms with E-state index in [1.807, 2.05) is 24.3 Å². The molecule has 5 rings (SSSR count). The molecule has 194 valence electrons. The van der Waals surface area contributed by atoms with Gasteiger partial charge in [-0.3, -0.25) is 4.79 Å². The fourth-order valence-corrected chi connectivity index (χ4v) is 6.23. The highest BCUT2D eigenvalue weighted by molar-refractivity contribution is 7.89. The first kappa shape index (κ1) is 25.6. The molecule has 4 aliphatic rings. The zero-order chi connectivity index (χ0) is 26.0. The largest absolute Gasteiger partial charge is 0.321 e. The Labute approximate surface area is 219 Å². The summed E-state index contributed by atoms with van der Waals surface area (Å²) in [7, 11) is -1.57. The molecule has 0 aromatic heterocycles. The Kier molecular flexibility index (Phi) is 7.44. The van der Waals surface area contributed by atoms with Crippen LogP contribution in [0.15, 0.2) is 59.5 Å². The van der Waals surface area contributed by atoms with Crippen LogP contribution in [0.1, 0.15) is 30.0 Å². The number of carbonyl (C=O) groups excluding carboxylic acids is 1. The van der Waals surface area contributed by atoms with Crippen molar-refractivity contribution in [3.63, 3.8) is 0 Å². The summed E-state index contributed by atoms with van der Waals surface area (Å²) in [5.41, 5.74) is 6.12. The van der Waals surface area contributed by atoms with E-state index in [0.29, 0.717) is 23.4 Å². The Morgan fingerprint density at radius 1 is 0.973 bits per heavy atom. The summed E-state index contributed by atoms with van der Waals surface area (Å²) in [5, 5.41) is 2.88. The molecule has 0 radical (unpaired) electrons. The quantitative estimate of drug-likeness (QED) is 0.351. The molecule has 0 spiro atoms. The van der Waals surface area contributed by atoms with E-state index < -0.39 is 10.0 Å². The lowest BCUT2D eigenvalue weighted by Crippen LogP contribution is -2.45. The van der Waals surface area contributed by atoms with Crippen LogP contribution in [0.3, 0.4) is 0 Å². The van der Waals surface area contributed by atoms with Crippen LogP contribution in [0, 0.1) is 0 Å². The van der Waals surface area contributed by atoms with Gasteiger partial charge in [-0.1, -0.05) is 43.3 Å². The molecule has 0 unspecified atom stereocenters. The van der Waals surface area contributed by atoms with Crippen molar-refractivity contribution in [3.05, 3.63) is 71.3 Å². The molecule has 2 heterocycles. The molecule has 37 heavy (non-hydrogen) atoms. The standard InChI is InChI=1S/C29H34N4O3S/c1-3-21-18-22(25-9-6-4-5-8-24(21)25)19-27-26-20-23(10-11-28(26)31-29(27)34)37(35,36)30-12-7-13-33-16-14-32(2)15-17-33/h4-6,8-11,18-20,30H,3,7,12-17H2,1-2H3,(H,31,34). The van der Waals surface area contributed by atoms with Crippen molar-refractivity contribution in [2.75, 3.05) is 51.6 Å². The average Bonchev–Trinajstić information content (AvgIpc) is 3.26. The second-order valence-electron chi connectivity index (χ2n) is 9.83. The van der Waals surface area contributed by atoms with Gasteiger partial charge in [0.05, 0.1) is 4.90 Å². The molecule has 1 fully saturated rings. The Bertz CT molecular complexity index is 1410. The summed E-state index contributed by atoms with van der Waals surface area (Å²) < 4.78 is 28.9. The first-order valence-electron chi connectivity index (χ1n) is 12.9. The van der Waals surface area contributed by atoms with Gasteiger partial charge in [-0.15, -0.1) is 0 Å². The fraction of sp³-hybridized carbons (Fsp3) is 0.345. The molecule has 2 aliphatic heterocycles. The molecule has 0 saturated carbocycles. The number of fused-ring (bicyclic) bond motifs is 2. The number of rotatable bonds is 8. The second-order valence-corrected chi connectivity index (χ2v) is 11.6. The molecule has 1 saturated heterocycles. The van der Waals surface area contributed by atoms with Gasteiger partial charge >= 0.3 is 0 Å². The van der Waals surface area contributed by atoms with E-state index in [9.17, 15) is 13.2 Å². The van der Waals surface area contributed by atoms with E-state index in [4.69, 9.17) is 0 Å². The molecule has 2 N–H and O–H groups in total. The number of hydrogen-bond donors (Lipinski definition) is 2. The molecule has 1 aromatic carbocycles. The van der Waals surface area contributed by atoms with Gasteiger partial charge in [-0.2, -0.15) is 0 Å². The van der Waals surface area contributed by atoms with Crippen LogP contribution in [0.4, 0.5) is 5.69 Å². The van der Waals surface area contributed by atoms with E-state index in [1.54, 1.807) is 18.2 Å². The zero-order valence-corrected chi connectivity index (χ0v) is 22.3. The number of piperazine rings is 1. The first-order valence-corrected chi connectivity index (χ1v) is 14.4. The number of carbonyl (C=O) groups is 1. The molecule has 1 amide bonds. The maximum atomic E-state index is 13.1. The van der Waals surface area contributed by atoms with Crippen molar-refractivity contribution < 1.29 is 13.2 Å². The number of hydrogen-bond acceptors (Lipinski definition) is 5.